The fraction of sp³-hybridized carbons (Fsp3) is 0.385. The molecule has 0 fully saturated rings. The summed E-state index contributed by atoms with van der Waals surface area (Å²) in [5.41, 5.74) is 0.703. The lowest BCUT2D eigenvalue weighted by Crippen LogP contribution is -2.26. The second-order valence-electron chi connectivity index (χ2n) is 3.86. The van der Waals surface area contributed by atoms with Crippen LogP contribution in [0.4, 0.5) is 0 Å². The van der Waals surface area contributed by atoms with Crippen LogP contribution >= 0.6 is 23.2 Å². The molecule has 0 heterocycles. The van der Waals surface area contributed by atoms with Gasteiger partial charge in [-0.25, -0.2) is 0 Å². The van der Waals surface area contributed by atoms with Crippen LogP contribution in [0.2, 0.25) is 10.0 Å². The Morgan fingerprint density at radius 1 is 1.33 bits per heavy atom. The van der Waals surface area contributed by atoms with E-state index < -0.39 is 11.9 Å². The standard InChI is InChI=1S/C13H14Cl2O3/c1-3-18-13(17)11(8(2)16)6-9-4-5-10(14)7-12(9)15/h4-5,7,11H,3,6H2,1-2H3/t11-/m1/s1. The summed E-state index contributed by atoms with van der Waals surface area (Å²) in [5.74, 6) is -1.57. The van der Waals surface area contributed by atoms with Gasteiger partial charge in [0.1, 0.15) is 11.7 Å². The van der Waals surface area contributed by atoms with E-state index in [1.165, 1.54) is 6.92 Å². The van der Waals surface area contributed by atoms with Crippen LogP contribution in [0.3, 0.4) is 0 Å². The number of Topliss-reactive ketones (excluding diaryl/α,β-unsaturated/α-hetero) is 1. The van der Waals surface area contributed by atoms with Gasteiger partial charge in [-0.2, -0.15) is 0 Å². The molecule has 1 aromatic rings. The molecule has 0 aliphatic heterocycles. The van der Waals surface area contributed by atoms with Gasteiger partial charge in [-0.1, -0.05) is 29.3 Å². The van der Waals surface area contributed by atoms with Gasteiger partial charge in [-0.05, 0) is 38.0 Å². The average molecular weight is 289 g/mol. The monoisotopic (exact) mass is 288 g/mol. The van der Waals surface area contributed by atoms with Crippen molar-refractivity contribution in [1.29, 1.82) is 0 Å². The van der Waals surface area contributed by atoms with Gasteiger partial charge in [-0.15, -0.1) is 0 Å². The van der Waals surface area contributed by atoms with Gasteiger partial charge in [0, 0.05) is 10.0 Å². The molecule has 0 radical (unpaired) electrons. The highest BCUT2D eigenvalue weighted by Gasteiger charge is 2.25. The number of carbonyl (C=O) groups is 2. The molecule has 0 saturated carbocycles. The third-order valence-corrected chi connectivity index (χ3v) is 3.09. The summed E-state index contributed by atoms with van der Waals surface area (Å²) in [6.45, 7) is 3.31. The second-order valence-corrected chi connectivity index (χ2v) is 4.70. The molecule has 18 heavy (non-hydrogen) atoms. The molecule has 1 atom stereocenters. The van der Waals surface area contributed by atoms with Gasteiger partial charge in [0.2, 0.25) is 0 Å². The van der Waals surface area contributed by atoms with Crippen LogP contribution in [0.25, 0.3) is 0 Å². The summed E-state index contributed by atoms with van der Waals surface area (Å²) < 4.78 is 4.87. The molecule has 3 nitrogen and oxygen atoms in total. The highest BCUT2D eigenvalue weighted by atomic mass is 35.5. The van der Waals surface area contributed by atoms with Crippen LogP contribution in [-0.2, 0) is 20.7 Å². The summed E-state index contributed by atoms with van der Waals surface area (Å²) in [4.78, 5) is 23.1. The Morgan fingerprint density at radius 2 is 2.00 bits per heavy atom. The zero-order valence-corrected chi connectivity index (χ0v) is 11.7. The number of halogens is 2. The number of ketones is 1. The van der Waals surface area contributed by atoms with Crippen LogP contribution in [0, 0.1) is 5.92 Å². The molecule has 1 rings (SSSR count). The van der Waals surface area contributed by atoms with E-state index in [2.05, 4.69) is 0 Å². The average Bonchev–Trinajstić information content (AvgIpc) is 2.27. The number of rotatable bonds is 5. The van der Waals surface area contributed by atoms with Crippen molar-refractivity contribution in [1.82, 2.24) is 0 Å². The van der Waals surface area contributed by atoms with E-state index in [0.717, 1.165) is 0 Å². The van der Waals surface area contributed by atoms with E-state index in [9.17, 15) is 9.59 Å². The van der Waals surface area contributed by atoms with Gasteiger partial charge < -0.3 is 4.74 Å². The first-order chi connectivity index (χ1) is 8.45. The van der Waals surface area contributed by atoms with Crippen LogP contribution in [-0.4, -0.2) is 18.4 Å². The van der Waals surface area contributed by atoms with E-state index in [0.29, 0.717) is 15.6 Å². The van der Waals surface area contributed by atoms with Crippen molar-refractivity contribution in [2.75, 3.05) is 6.61 Å². The molecule has 0 unspecified atom stereocenters. The largest absolute Gasteiger partial charge is 0.465 e. The molecular formula is C13H14Cl2O3. The Morgan fingerprint density at radius 3 is 2.50 bits per heavy atom. The van der Waals surface area contributed by atoms with Gasteiger partial charge in [-0.3, -0.25) is 9.59 Å². The molecule has 0 saturated heterocycles. The Hall–Kier alpha value is -1.06. The zero-order valence-electron chi connectivity index (χ0n) is 10.2. The van der Waals surface area contributed by atoms with Crippen molar-refractivity contribution in [3.05, 3.63) is 33.8 Å². The van der Waals surface area contributed by atoms with E-state index in [-0.39, 0.29) is 18.8 Å². The molecule has 0 amide bonds. The summed E-state index contributed by atoms with van der Waals surface area (Å²) in [5, 5.41) is 0.956. The van der Waals surface area contributed by atoms with Gasteiger partial charge in [0.25, 0.3) is 0 Å². The lowest BCUT2D eigenvalue weighted by Gasteiger charge is -2.13. The lowest BCUT2D eigenvalue weighted by molar-refractivity contribution is -0.151. The topological polar surface area (TPSA) is 43.4 Å². The number of ether oxygens (including phenoxy) is 1. The maximum absolute atomic E-state index is 11.7. The SMILES string of the molecule is CCOC(=O)[C@H](Cc1ccc(Cl)cc1Cl)C(C)=O. The quantitative estimate of drug-likeness (QED) is 0.617. The summed E-state index contributed by atoms with van der Waals surface area (Å²) in [6.07, 6.45) is 0.226. The third kappa shape index (κ3) is 4.00. The lowest BCUT2D eigenvalue weighted by atomic mass is 9.96. The summed E-state index contributed by atoms with van der Waals surface area (Å²) >= 11 is 11.8. The number of esters is 1. The highest BCUT2D eigenvalue weighted by Crippen LogP contribution is 2.24. The van der Waals surface area contributed by atoms with Gasteiger partial charge >= 0.3 is 5.97 Å². The first kappa shape index (κ1) is 15.0. The minimum atomic E-state index is -0.816. The van der Waals surface area contributed by atoms with Crippen molar-refractivity contribution >= 4 is 35.0 Å². The van der Waals surface area contributed by atoms with Crippen molar-refractivity contribution in [2.45, 2.75) is 20.3 Å². The normalized spacial score (nSPS) is 12.0. The zero-order chi connectivity index (χ0) is 13.7. The van der Waals surface area contributed by atoms with Crippen molar-refractivity contribution in [3.8, 4) is 0 Å². The number of hydrogen-bond acceptors (Lipinski definition) is 3. The van der Waals surface area contributed by atoms with Gasteiger partial charge in [0.05, 0.1) is 6.61 Å². The van der Waals surface area contributed by atoms with Crippen molar-refractivity contribution < 1.29 is 14.3 Å². The number of benzene rings is 1. The van der Waals surface area contributed by atoms with Crippen LogP contribution in [0.5, 0.6) is 0 Å². The Bertz CT molecular complexity index is 458. The van der Waals surface area contributed by atoms with E-state index in [4.69, 9.17) is 27.9 Å². The highest BCUT2D eigenvalue weighted by molar-refractivity contribution is 6.35. The minimum absolute atomic E-state index is 0.226. The molecule has 1 aromatic carbocycles. The minimum Gasteiger partial charge on any atom is -0.465 e. The fourth-order valence-electron chi connectivity index (χ4n) is 1.54. The molecule has 0 spiro atoms. The predicted molar refractivity (Wildman–Crippen MR) is 71.0 cm³/mol. The molecule has 0 aromatic heterocycles. The van der Waals surface area contributed by atoms with E-state index in [1.807, 2.05) is 0 Å². The molecule has 0 bridgehead atoms. The fourth-order valence-corrected chi connectivity index (χ4v) is 2.03. The molecular weight excluding hydrogens is 275 g/mol. The van der Waals surface area contributed by atoms with Gasteiger partial charge in [0.15, 0.2) is 0 Å². The maximum Gasteiger partial charge on any atom is 0.316 e. The molecule has 0 aliphatic rings. The molecule has 0 N–H and O–H groups in total. The van der Waals surface area contributed by atoms with Crippen molar-refractivity contribution in [2.24, 2.45) is 5.92 Å². The molecule has 0 aliphatic carbocycles. The van der Waals surface area contributed by atoms with E-state index >= 15 is 0 Å². The third-order valence-electron chi connectivity index (χ3n) is 2.50. The Balaban J connectivity index is 2.90. The number of hydrogen-bond donors (Lipinski definition) is 0. The first-order valence-corrected chi connectivity index (χ1v) is 6.32. The first-order valence-electron chi connectivity index (χ1n) is 5.56. The van der Waals surface area contributed by atoms with Crippen LogP contribution in [0.15, 0.2) is 18.2 Å². The Labute approximate surface area is 116 Å². The smallest absolute Gasteiger partial charge is 0.316 e. The van der Waals surface area contributed by atoms with Crippen LogP contribution < -0.4 is 0 Å². The molecule has 5 heteroatoms. The molecule has 98 valence electrons. The van der Waals surface area contributed by atoms with Crippen LogP contribution in [0.1, 0.15) is 19.4 Å². The predicted octanol–water partition coefficient (Wildman–Crippen LogP) is 3.30. The number of carbonyl (C=O) groups excluding carboxylic acids is 2. The van der Waals surface area contributed by atoms with Crippen molar-refractivity contribution in [3.63, 3.8) is 0 Å². The Kier molecular flexibility index (Phi) is 5.63. The maximum atomic E-state index is 11.7. The van der Waals surface area contributed by atoms with E-state index in [1.54, 1.807) is 25.1 Å². The second kappa shape index (κ2) is 6.76. The summed E-state index contributed by atoms with van der Waals surface area (Å²) in [7, 11) is 0. The summed E-state index contributed by atoms with van der Waals surface area (Å²) in [6, 6.07) is 4.96.